The van der Waals surface area contributed by atoms with Crippen molar-refractivity contribution in [2.24, 2.45) is 0 Å². The van der Waals surface area contributed by atoms with Crippen LogP contribution in [0, 0.1) is 0 Å². The van der Waals surface area contributed by atoms with Gasteiger partial charge in [-0.15, -0.1) is 0 Å². The summed E-state index contributed by atoms with van der Waals surface area (Å²) in [6.07, 6.45) is 1.99. The van der Waals surface area contributed by atoms with E-state index in [1.165, 1.54) is 28.6 Å². The van der Waals surface area contributed by atoms with Crippen LogP contribution in [0.15, 0.2) is 53.4 Å². The first-order chi connectivity index (χ1) is 14.9. The molecule has 1 aliphatic heterocycles. The first kappa shape index (κ1) is 22.9. The first-order valence-corrected chi connectivity index (χ1v) is 11.6. The van der Waals surface area contributed by atoms with Crippen LogP contribution in [0.1, 0.15) is 28.8 Å². The third kappa shape index (κ3) is 6.13. The molecule has 9 heteroatoms. The van der Waals surface area contributed by atoms with Gasteiger partial charge in [0.1, 0.15) is 0 Å². The minimum Gasteiger partial charge on any atom is -0.383 e. The molecule has 0 bridgehead atoms. The summed E-state index contributed by atoms with van der Waals surface area (Å²) in [7, 11) is -1.93. The fourth-order valence-corrected chi connectivity index (χ4v) is 4.82. The molecule has 0 spiro atoms. The van der Waals surface area contributed by atoms with E-state index in [-0.39, 0.29) is 23.1 Å². The zero-order valence-electron chi connectivity index (χ0n) is 17.5. The van der Waals surface area contributed by atoms with Gasteiger partial charge in [-0.1, -0.05) is 12.1 Å². The van der Waals surface area contributed by atoms with Crippen LogP contribution in [0.4, 0.5) is 5.69 Å². The summed E-state index contributed by atoms with van der Waals surface area (Å²) in [5, 5.41) is 5.53. The van der Waals surface area contributed by atoms with Crippen LogP contribution in [0.25, 0.3) is 0 Å². The second-order valence-corrected chi connectivity index (χ2v) is 9.24. The molecule has 1 fully saturated rings. The van der Waals surface area contributed by atoms with Gasteiger partial charge >= 0.3 is 0 Å². The van der Waals surface area contributed by atoms with Crippen LogP contribution in [-0.4, -0.2) is 57.9 Å². The summed E-state index contributed by atoms with van der Waals surface area (Å²) >= 11 is 0. The molecule has 166 valence electrons. The Labute approximate surface area is 182 Å². The smallest absolute Gasteiger partial charge is 0.255 e. The Morgan fingerprint density at radius 1 is 1.00 bits per heavy atom. The Morgan fingerprint density at radius 2 is 1.65 bits per heavy atom. The predicted molar refractivity (Wildman–Crippen MR) is 117 cm³/mol. The number of rotatable bonds is 9. The SMILES string of the molecule is COCCNC(=O)Cc1ccc(NC(=O)c2ccc(S(=O)(=O)N3CCCC3)cc2)cc1. The van der Waals surface area contributed by atoms with Crippen LogP contribution < -0.4 is 10.6 Å². The second kappa shape index (κ2) is 10.5. The van der Waals surface area contributed by atoms with Gasteiger partial charge in [-0.05, 0) is 54.8 Å². The number of nitrogens with one attached hydrogen (secondary N) is 2. The quantitative estimate of drug-likeness (QED) is 0.575. The molecule has 2 aromatic rings. The largest absolute Gasteiger partial charge is 0.383 e. The van der Waals surface area contributed by atoms with Gasteiger partial charge in [-0.2, -0.15) is 4.31 Å². The number of hydrogen-bond donors (Lipinski definition) is 2. The zero-order valence-corrected chi connectivity index (χ0v) is 18.3. The van der Waals surface area contributed by atoms with E-state index in [0.717, 1.165) is 18.4 Å². The third-order valence-electron chi connectivity index (χ3n) is 5.02. The highest BCUT2D eigenvalue weighted by atomic mass is 32.2. The lowest BCUT2D eigenvalue weighted by Crippen LogP contribution is -2.28. The molecule has 2 aromatic carbocycles. The Morgan fingerprint density at radius 3 is 2.26 bits per heavy atom. The van der Waals surface area contributed by atoms with E-state index >= 15 is 0 Å². The summed E-state index contributed by atoms with van der Waals surface area (Å²) in [6, 6.07) is 13.0. The highest BCUT2D eigenvalue weighted by Gasteiger charge is 2.27. The maximum Gasteiger partial charge on any atom is 0.255 e. The molecule has 2 N–H and O–H groups in total. The Balaban J connectivity index is 1.57. The van der Waals surface area contributed by atoms with Crippen molar-refractivity contribution in [2.75, 3.05) is 38.7 Å². The topological polar surface area (TPSA) is 105 Å². The lowest BCUT2D eigenvalue weighted by atomic mass is 10.1. The van der Waals surface area contributed by atoms with Gasteiger partial charge in [0.2, 0.25) is 15.9 Å². The molecule has 2 amide bonds. The van der Waals surface area contributed by atoms with Crippen molar-refractivity contribution in [3.05, 3.63) is 59.7 Å². The molecule has 3 rings (SSSR count). The number of amides is 2. The molecule has 31 heavy (non-hydrogen) atoms. The Bertz CT molecular complexity index is 998. The van der Waals surface area contributed by atoms with Gasteiger partial charge in [-0.3, -0.25) is 9.59 Å². The maximum atomic E-state index is 12.6. The van der Waals surface area contributed by atoms with Gasteiger partial charge in [0.15, 0.2) is 0 Å². The fraction of sp³-hybridized carbons (Fsp3) is 0.364. The van der Waals surface area contributed by atoms with Crippen molar-refractivity contribution in [1.29, 1.82) is 0 Å². The monoisotopic (exact) mass is 445 g/mol. The maximum absolute atomic E-state index is 12.6. The highest BCUT2D eigenvalue weighted by Crippen LogP contribution is 2.21. The number of carbonyl (C=O) groups is 2. The van der Waals surface area contributed by atoms with Gasteiger partial charge in [0.25, 0.3) is 5.91 Å². The summed E-state index contributed by atoms with van der Waals surface area (Å²) in [4.78, 5) is 24.5. The van der Waals surface area contributed by atoms with E-state index in [1.807, 2.05) is 0 Å². The van der Waals surface area contributed by atoms with E-state index in [2.05, 4.69) is 10.6 Å². The summed E-state index contributed by atoms with van der Waals surface area (Å²) in [5.41, 5.74) is 1.77. The second-order valence-electron chi connectivity index (χ2n) is 7.31. The molecule has 0 saturated carbocycles. The molecular weight excluding hydrogens is 418 g/mol. The summed E-state index contributed by atoms with van der Waals surface area (Å²) < 4.78 is 31.5. The number of hydrogen-bond acceptors (Lipinski definition) is 5. The minimum atomic E-state index is -3.50. The van der Waals surface area contributed by atoms with E-state index in [4.69, 9.17) is 4.74 Å². The summed E-state index contributed by atoms with van der Waals surface area (Å²) in [5.74, 6) is -0.437. The standard InChI is InChI=1S/C22H27N3O5S/c1-30-15-12-23-21(26)16-17-4-8-19(9-5-17)24-22(27)18-6-10-20(11-7-18)31(28,29)25-13-2-3-14-25/h4-11H,2-3,12-16H2,1H3,(H,23,26)(H,24,27). The lowest BCUT2D eigenvalue weighted by Gasteiger charge is -2.15. The number of ether oxygens (including phenoxy) is 1. The van der Waals surface area contributed by atoms with Gasteiger partial charge in [0, 0.05) is 38.0 Å². The molecule has 8 nitrogen and oxygen atoms in total. The van der Waals surface area contributed by atoms with Crippen LogP contribution in [-0.2, 0) is 26.0 Å². The van der Waals surface area contributed by atoms with Crippen molar-refractivity contribution in [2.45, 2.75) is 24.2 Å². The van der Waals surface area contributed by atoms with E-state index in [9.17, 15) is 18.0 Å². The summed E-state index contributed by atoms with van der Waals surface area (Å²) in [6.45, 7) is 1.99. The highest BCUT2D eigenvalue weighted by molar-refractivity contribution is 7.89. The van der Waals surface area contributed by atoms with Crippen molar-refractivity contribution in [1.82, 2.24) is 9.62 Å². The molecule has 0 radical (unpaired) electrons. The number of nitrogens with zero attached hydrogens (tertiary/aromatic N) is 1. The molecule has 0 unspecified atom stereocenters. The number of methoxy groups -OCH3 is 1. The number of carbonyl (C=O) groups excluding carboxylic acids is 2. The van der Waals surface area contributed by atoms with Crippen molar-refractivity contribution < 1.29 is 22.7 Å². The molecular formula is C22H27N3O5S. The Hall–Kier alpha value is -2.75. The lowest BCUT2D eigenvalue weighted by molar-refractivity contribution is -0.120. The molecule has 0 aromatic heterocycles. The fourth-order valence-electron chi connectivity index (χ4n) is 3.31. The molecule has 0 atom stereocenters. The molecule has 0 aliphatic carbocycles. The van der Waals surface area contributed by atoms with Gasteiger partial charge in [-0.25, -0.2) is 8.42 Å². The average molecular weight is 446 g/mol. The number of benzene rings is 2. The van der Waals surface area contributed by atoms with E-state index in [0.29, 0.717) is 37.5 Å². The van der Waals surface area contributed by atoms with Crippen molar-refractivity contribution >= 4 is 27.5 Å². The minimum absolute atomic E-state index is 0.0993. The van der Waals surface area contributed by atoms with Crippen molar-refractivity contribution in [3.63, 3.8) is 0 Å². The van der Waals surface area contributed by atoms with E-state index < -0.39 is 10.0 Å². The van der Waals surface area contributed by atoms with Gasteiger partial charge < -0.3 is 15.4 Å². The van der Waals surface area contributed by atoms with Crippen molar-refractivity contribution in [3.8, 4) is 0 Å². The zero-order chi connectivity index (χ0) is 22.3. The molecule has 1 heterocycles. The van der Waals surface area contributed by atoms with Gasteiger partial charge in [0.05, 0.1) is 17.9 Å². The average Bonchev–Trinajstić information content (AvgIpc) is 3.31. The van der Waals surface area contributed by atoms with Crippen LogP contribution in [0.2, 0.25) is 0 Å². The van der Waals surface area contributed by atoms with E-state index in [1.54, 1.807) is 31.4 Å². The first-order valence-electron chi connectivity index (χ1n) is 10.2. The normalized spacial score (nSPS) is 14.4. The molecule has 1 aliphatic rings. The van der Waals surface area contributed by atoms with Crippen LogP contribution in [0.5, 0.6) is 0 Å². The Kier molecular flexibility index (Phi) is 7.78. The molecule has 1 saturated heterocycles. The number of anilines is 1. The number of sulfonamides is 1. The third-order valence-corrected chi connectivity index (χ3v) is 6.94. The van der Waals surface area contributed by atoms with Crippen LogP contribution >= 0.6 is 0 Å². The predicted octanol–water partition coefficient (Wildman–Crippen LogP) is 2.03. The van der Waals surface area contributed by atoms with Crippen LogP contribution in [0.3, 0.4) is 0 Å².